The van der Waals surface area contributed by atoms with E-state index in [4.69, 9.17) is 0 Å². The molecule has 8 heteroatoms. The molecular formula is C20H19N5O2S. The van der Waals surface area contributed by atoms with E-state index in [1.807, 2.05) is 44.2 Å². The summed E-state index contributed by atoms with van der Waals surface area (Å²) in [7, 11) is 0. The maximum atomic E-state index is 11.9. The van der Waals surface area contributed by atoms with Crippen LogP contribution in [0.15, 0.2) is 54.9 Å². The molecule has 1 atom stereocenters. The van der Waals surface area contributed by atoms with E-state index in [1.54, 1.807) is 29.0 Å². The number of rotatable bonds is 5. The van der Waals surface area contributed by atoms with E-state index >= 15 is 0 Å². The number of carboxylic acid groups (broad SMARTS) is 1. The topological polar surface area (TPSA) is 83.6 Å². The summed E-state index contributed by atoms with van der Waals surface area (Å²) in [4.78, 5) is 23.7. The summed E-state index contributed by atoms with van der Waals surface area (Å²) in [6.45, 7) is 3.83. The molecule has 1 N–H and O–H groups in total. The molecule has 0 aliphatic heterocycles. The van der Waals surface area contributed by atoms with E-state index in [-0.39, 0.29) is 6.04 Å². The standard InChI is InChI=1S/C20H19N5O2S/c1-13(24(20(26)27)16-8-4-3-5-9-16)18-14(2)25-19(28-18)22-17(23-25)11-15-7-6-10-21-12-15/h3-10,12-13H,11H2,1-2H3,(H,26,27). The normalized spacial score (nSPS) is 12.2. The van der Waals surface area contributed by atoms with Crippen molar-refractivity contribution >= 4 is 28.1 Å². The molecule has 3 heterocycles. The van der Waals surface area contributed by atoms with Gasteiger partial charge in [-0.3, -0.25) is 9.88 Å². The van der Waals surface area contributed by atoms with E-state index in [0.717, 1.165) is 26.9 Å². The van der Waals surface area contributed by atoms with Crippen LogP contribution >= 0.6 is 11.3 Å². The minimum Gasteiger partial charge on any atom is -0.465 e. The highest BCUT2D eigenvalue weighted by atomic mass is 32.1. The SMILES string of the molecule is Cc1c(C(C)N(C(=O)O)c2ccccc2)sc2nc(Cc3cccnc3)nn12. The van der Waals surface area contributed by atoms with Gasteiger partial charge >= 0.3 is 6.09 Å². The fourth-order valence-corrected chi connectivity index (χ4v) is 4.37. The highest BCUT2D eigenvalue weighted by Gasteiger charge is 2.27. The number of carbonyl (C=O) groups is 1. The molecule has 28 heavy (non-hydrogen) atoms. The number of thiazole rings is 1. The van der Waals surface area contributed by atoms with E-state index in [2.05, 4.69) is 15.1 Å². The van der Waals surface area contributed by atoms with Crippen LogP contribution in [0.4, 0.5) is 10.5 Å². The lowest BCUT2D eigenvalue weighted by Crippen LogP contribution is -2.32. The Morgan fingerprint density at radius 2 is 2.04 bits per heavy atom. The Bertz CT molecular complexity index is 1110. The lowest BCUT2D eigenvalue weighted by Gasteiger charge is -2.26. The van der Waals surface area contributed by atoms with Crippen LogP contribution < -0.4 is 4.90 Å². The highest BCUT2D eigenvalue weighted by molar-refractivity contribution is 7.17. The monoisotopic (exact) mass is 393 g/mol. The summed E-state index contributed by atoms with van der Waals surface area (Å²) < 4.78 is 1.80. The fraction of sp³-hybridized carbons (Fsp3) is 0.200. The largest absolute Gasteiger partial charge is 0.465 e. The molecule has 3 aromatic heterocycles. The van der Waals surface area contributed by atoms with Crippen molar-refractivity contribution in [2.45, 2.75) is 26.3 Å². The first-order chi connectivity index (χ1) is 13.5. The van der Waals surface area contributed by atoms with Crippen LogP contribution in [0.1, 0.15) is 34.9 Å². The Hall–Kier alpha value is -3.26. The van der Waals surface area contributed by atoms with Crippen molar-refractivity contribution in [1.29, 1.82) is 0 Å². The molecule has 7 nitrogen and oxygen atoms in total. The molecule has 0 radical (unpaired) electrons. The number of anilines is 1. The Morgan fingerprint density at radius 1 is 1.25 bits per heavy atom. The van der Waals surface area contributed by atoms with Crippen LogP contribution in [0.5, 0.6) is 0 Å². The second kappa shape index (κ2) is 7.40. The fourth-order valence-electron chi connectivity index (χ4n) is 3.25. The van der Waals surface area contributed by atoms with Gasteiger partial charge in [-0.15, -0.1) is 5.10 Å². The molecule has 0 saturated heterocycles. The first-order valence-corrected chi connectivity index (χ1v) is 9.67. The Morgan fingerprint density at radius 3 is 2.68 bits per heavy atom. The Balaban J connectivity index is 1.66. The van der Waals surface area contributed by atoms with Crippen LogP contribution in [0.2, 0.25) is 0 Å². The van der Waals surface area contributed by atoms with Crippen LogP contribution in [-0.2, 0) is 6.42 Å². The number of aromatic nitrogens is 4. The summed E-state index contributed by atoms with van der Waals surface area (Å²) in [6.07, 6.45) is 3.16. The van der Waals surface area contributed by atoms with Crippen molar-refractivity contribution in [3.63, 3.8) is 0 Å². The number of pyridine rings is 1. The zero-order valence-corrected chi connectivity index (χ0v) is 16.3. The summed E-state index contributed by atoms with van der Waals surface area (Å²) in [5.74, 6) is 0.722. The highest BCUT2D eigenvalue weighted by Crippen LogP contribution is 2.34. The maximum absolute atomic E-state index is 11.9. The lowest BCUT2D eigenvalue weighted by molar-refractivity contribution is 0.199. The number of hydrogen-bond acceptors (Lipinski definition) is 5. The number of nitrogens with zero attached hydrogens (tertiary/aromatic N) is 5. The zero-order valence-electron chi connectivity index (χ0n) is 15.5. The smallest absolute Gasteiger partial charge is 0.412 e. The molecule has 0 aliphatic rings. The van der Waals surface area contributed by atoms with Crippen molar-refractivity contribution in [1.82, 2.24) is 19.6 Å². The molecule has 1 amide bonds. The summed E-state index contributed by atoms with van der Waals surface area (Å²) in [6, 6.07) is 12.7. The van der Waals surface area contributed by atoms with E-state index in [0.29, 0.717) is 12.1 Å². The van der Waals surface area contributed by atoms with Crippen LogP contribution in [0, 0.1) is 6.92 Å². The first-order valence-electron chi connectivity index (χ1n) is 8.85. The molecule has 0 saturated carbocycles. The van der Waals surface area contributed by atoms with Gasteiger partial charge in [0.15, 0.2) is 5.82 Å². The number of hydrogen-bond donors (Lipinski definition) is 1. The molecule has 0 aliphatic carbocycles. The summed E-state index contributed by atoms with van der Waals surface area (Å²) >= 11 is 1.47. The van der Waals surface area contributed by atoms with Gasteiger partial charge in [0.2, 0.25) is 4.96 Å². The van der Waals surface area contributed by atoms with Crippen molar-refractivity contribution in [3.05, 3.63) is 76.8 Å². The number of para-hydroxylation sites is 1. The molecule has 0 bridgehead atoms. The Labute approximate surface area is 165 Å². The third-order valence-electron chi connectivity index (χ3n) is 4.59. The molecular weight excluding hydrogens is 374 g/mol. The lowest BCUT2D eigenvalue weighted by atomic mass is 10.2. The van der Waals surface area contributed by atoms with Crippen molar-refractivity contribution in [2.24, 2.45) is 0 Å². The van der Waals surface area contributed by atoms with Gasteiger partial charge in [0, 0.05) is 24.5 Å². The van der Waals surface area contributed by atoms with Crippen molar-refractivity contribution in [3.8, 4) is 0 Å². The van der Waals surface area contributed by atoms with E-state index in [1.165, 1.54) is 16.2 Å². The first kappa shape index (κ1) is 18.1. The molecule has 0 spiro atoms. The molecule has 4 aromatic rings. The average molecular weight is 393 g/mol. The third-order valence-corrected chi connectivity index (χ3v) is 5.89. The van der Waals surface area contributed by atoms with Crippen LogP contribution in [0.25, 0.3) is 4.96 Å². The number of amides is 1. The molecule has 1 aromatic carbocycles. The second-order valence-corrected chi connectivity index (χ2v) is 7.49. The quantitative estimate of drug-likeness (QED) is 0.546. The van der Waals surface area contributed by atoms with E-state index < -0.39 is 6.09 Å². The second-order valence-electron chi connectivity index (χ2n) is 6.48. The maximum Gasteiger partial charge on any atom is 0.412 e. The predicted molar refractivity (Wildman–Crippen MR) is 108 cm³/mol. The minimum absolute atomic E-state index is 0.352. The van der Waals surface area contributed by atoms with Gasteiger partial charge in [-0.2, -0.15) is 0 Å². The molecule has 0 fully saturated rings. The van der Waals surface area contributed by atoms with Gasteiger partial charge in [0.25, 0.3) is 0 Å². The minimum atomic E-state index is -0.991. The predicted octanol–water partition coefficient (Wildman–Crippen LogP) is 4.33. The Kier molecular flexibility index (Phi) is 4.79. The van der Waals surface area contributed by atoms with Crippen molar-refractivity contribution in [2.75, 3.05) is 4.90 Å². The van der Waals surface area contributed by atoms with Crippen molar-refractivity contribution < 1.29 is 9.90 Å². The zero-order chi connectivity index (χ0) is 19.7. The van der Waals surface area contributed by atoms with Crippen LogP contribution in [-0.4, -0.2) is 30.8 Å². The van der Waals surface area contributed by atoms with E-state index in [9.17, 15) is 9.90 Å². The average Bonchev–Trinajstić information content (AvgIpc) is 3.22. The third kappa shape index (κ3) is 3.34. The molecule has 4 rings (SSSR count). The number of benzene rings is 1. The molecule has 142 valence electrons. The van der Waals surface area contributed by atoms with Gasteiger partial charge in [-0.25, -0.2) is 14.3 Å². The van der Waals surface area contributed by atoms with Gasteiger partial charge in [-0.1, -0.05) is 35.6 Å². The number of fused-ring (bicyclic) bond motifs is 1. The van der Waals surface area contributed by atoms with Gasteiger partial charge in [-0.05, 0) is 37.6 Å². The van der Waals surface area contributed by atoms with Gasteiger partial charge < -0.3 is 5.11 Å². The summed E-state index contributed by atoms with van der Waals surface area (Å²) in [5.41, 5.74) is 2.59. The van der Waals surface area contributed by atoms with Crippen LogP contribution in [0.3, 0.4) is 0 Å². The van der Waals surface area contributed by atoms with Gasteiger partial charge in [0.1, 0.15) is 0 Å². The van der Waals surface area contributed by atoms with Gasteiger partial charge in [0.05, 0.1) is 16.6 Å². The number of aryl methyl sites for hydroxylation is 1. The molecule has 1 unspecified atom stereocenters. The summed E-state index contributed by atoms with van der Waals surface area (Å²) in [5, 5.41) is 14.4.